The number of nitrogens with one attached hydrogen (secondary N) is 1. The van der Waals surface area contributed by atoms with E-state index in [4.69, 9.17) is 10.5 Å². The lowest BCUT2D eigenvalue weighted by Crippen LogP contribution is -2.21. The number of rotatable bonds is 3. The maximum Gasteiger partial charge on any atom is 0.258 e. The number of anilines is 1. The van der Waals surface area contributed by atoms with Gasteiger partial charge in [0.2, 0.25) is 0 Å². The van der Waals surface area contributed by atoms with E-state index in [0.717, 1.165) is 12.8 Å². The number of carbonyl (C=O) groups excluding carboxylic acids is 1. The fraction of sp³-hybridized carbons (Fsp3) is 0.400. The third-order valence-electron chi connectivity index (χ3n) is 2.21. The molecule has 0 aromatic carbocycles. The quantitative estimate of drug-likeness (QED) is 0.759. The Kier molecular flexibility index (Phi) is 2.45. The van der Waals surface area contributed by atoms with Gasteiger partial charge in [-0.1, -0.05) is 0 Å². The van der Waals surface area contributed by atoms with Gasteiger partial charge in [0.05, 0.1) is 6.10 Å². The van der Waals surface area contributed by atoms with Gasteiger partial charge in [-0.2, -0.15) is 0 Å². The smallest absolute Gasteiger partial charge is 0.258 e. The molecule has 0 radical (unpaired) electrons. The Morgan fingerprint density at radius 1 is 1.67 bits per heavy atom. The second-order valence-electron chi connectivity index (χ2n) is 3.47. The van der Waals surface area contributed by atoms with Gasteiger partial charge < -0.3 is 15.8 Å². The monoisotopic (exact) mass is 207 g/mol. The first-order valence-electron chi connectivity index (χ1n) is 4.85. The molecule has 0 unspecified atom stereocenters. The number of hydrogen-bond acceptors (Lipinski definition) is 4. The van der Waals surface area contributed by atoms with E-state index in [1.54, 1.807) is 19.3 Å². The van der Waals surface area contributed by atoms with Gasteiger partial charge in [-0.25, -0.2) is 4.98 Å². The minimum absolute atomic E-state index is 0.201. The largest absolute Gasteiger partial charge is 0.489 e. The summed E-state index contributed by atoms with van der Waals surface area (Å²) in [6.07, 6.45) is 3.85. The van der Waals surface area contributed by atoms with Crippen molar-refractivity contribution in [2.45, 2.75) is 18.9 Å². The molecule has 0 aliphatic heterocycles. The van der Waals surface area contributed by atoms with Crippen molar-refractivity contribution in [1.82, 2.24) is 10.3 Å². The van der Waals surface area contributed by atoms with Gasteiger partial charge in [0, 0.05) is 13.2 Å². The van der Waals surface area contributed by atoms with Crippen LogP contribution >= 0.6 is 0 Å². The highest BCUT2D eigenvalue weighted by atomic mass is 16.5. The molecule has 2 rings (SSSR count). The molecule has 0 saturated heterocycles. The molecule has 0 bridgehead atoms. The van der Waals surface area contributed by atoms with Gasteiger partial charge in [-0.15, -0.1) is 0 Å². The molecule has 5 nitrogen and oxygen atoms in total. The van der Waals surface area contributed by atoms with Crippen LogP contribution in [0.2, 0.25) is 0 Å². The minimum atomic E-state index is -0.267. The number of nitrogens with two attached hydrogens (primary N) is 1. The van der Waals surface area contributed by atoms with E-state index in [9.17, 15) is 4.79 Å². The molecule has 3 N–H and O–H groups in total. The van der Waals surface area contributed by atoms with E-state index < -0.39 is 0 Å². The molecule has 1 heterocycles. The molecule has 0 spiro atoms. The molecule has 1 aromatic rings. The van der Waals surface area contributed by atoms with Crippen molar-refractivity contribution in [3.8, 4) is 5.75 Å². The van der Waals surface area contributed by atoms with Crippen molar-refractivity contribution in [2.24, 2.45) is 0 Å². The molecule has 0 atom stereocenters. The second-order valence-corrected chi connectivity index (χ2v) is 3.47. The van der Waals surface area contributed by atoms with Crippen LogP contribution in [0.3, 0.4) is 0 Å². The molecule has 1 aromatic heterocycles. The second kappa shape index (κ2) is 3.76. The van der Waals surface area contributed by atoms with Gasteiger partial charge in [0.25, 0.3) is 5.91 Å². The number of nitrogens with zero attached hydrogens (tertiary/aromatic N) is 1. The first-order chi connectivity index (χ1) is 7.22. The highest BCUT2D eigenvalue weighted by Crippen LogP contribution is 2.30. The van der Waals surface area contributed by atoms with Gasteiger partial charge in [0.15, 0.2) is 0 Å². The van der Waals surface area contributed by atoms with E-state index in [1.165, 1.54) is 0 Å². The van der Waals surface area contributed by atoms with Crippen LogP contribution in [0.5, 0.6) is 5.75 Å². The summed E-state index contributed by atoms with van der Waals surface area (Å²) >= 11 is 0. The molecule has 1 fully saturated rings. The van der Waals surface area contributed by atoms with Crippen LogP contribution < -0.4 is 15.8 Å². The third-order valence-corrected chi connectivity index (χ3v) is 2.21. The van der Waals surface area contributed by atoms with Crippen LogP contribution in [0.4, 0.5) is 5.82 Å². The van der Waals surface area contributed by atoms with Crippen LogP contribution in [0.1, 0.15) is 23.2 Å². The number of pyridine rings is 1. The van der Waals surface area contributed by atoms with Crippen LogP contribution in [0.25, 0.3) is 0 Å². The maximum absolute atomic E-state index is 11.5. The van der Waals surface area contributed by atoms with E-state index in [0.29, 0.717) is 11.3 Å². The van der Waals surface area contributed by atoms with Crippen molar-refractivity contribution in [1.29, 1.82) is 0 Å². The SMILES string of the molecule is CNC(=O)c1c(OC2CC2)ccnc1N. The summed E-state index contributed by atoms with van der Waals surface area (Å²) in [4.78, 5) is 15.4. The van der Waals surface area contributed by atoms with E-state index in [1.807, 2.05) is 0 Å². The lowest BCUT2D eigenvalue weighted by Gasteiger charge is -2.10. The fourth-order valence-corrected chi connectivity index (χ4v) is 1.28. The van der Waals surface area contributed by atoms with Crippen molar-refractivity contribution in [2.75, 3.05) is 12.8 Å². The summed E-state index contributed by atoms with van der Waals surface area (Å²) in [5, 5.41) is 2.52. The summed E-state index contributed by atoms with van der Waals surface area (Å²) in [6.45, 7) is 0. The van der Waals surface area contributed by atoms with Crippen molar-refractivity contribution < 1.29 is 9.53 Å². The summed E-state index contributed by atoms with van der Waals surface area (Å²) in [5.74, 6) is 0.452. The average molecular weight is 207 g/mol. The summed E-state index contributed by atoms with van der Waals surface area (Å²) in [5.41, 5.74) is 5.97. The van der Waals surface area contributed by atoms with Gasteiger partial charge in [-0.05, 0) is 18.9 Å². The molecule has 5 heteroatoms. The Hall–Kier alpha value is -1.78. The van der Waals surface area contributed by atoms with E-state index in [2.05, 4.69) is 10.3 Å². The van der Waals surface area contributed by atoms with E-state index >= 15 is 0 Å². The topological polar surface area (TPSA) is 77.2 Å². The van der Waals surface area contributed by atoms with Crippen molar-refractivity contribution >= 4 is 11.7 Å². The number of hydrogen-bond donors (Lipinski definition) is 2. The molecular formula is C10H13N3O2. The zero-order valence-electron chi connectivity index (χ0n) is 8.49. The molecule has 1 amide bonds. The van der Waals surface area contributed by atoms with E-state index in [-0.39, 0.29) is 17.8 Å². The third kappa shape index (κ3) is 2.01. The number of amides is 1. The fourth-order valence-electron chi connectivity index (χ4n) is 1.28. The summed E-state index contributed by atoms with van der Waals surface area (Å²) < 4.78 is 5.58. The Balaban J connectivity index is 2.33. The Morgan fingerprint density at radius 3 is 3.00 bits per heavy atom. The molecule has 15 heavy (non-hydrogen) atoms. The van der Waals surface area contributed by atoms with Crippen LogP contribution in [-0.2, 0) is 0 Å². The highest BCUT2D eigenvalue weighted by molar-refractivity contribution is 6.00. The molecule has 1 saturated carbocycles. The zero-order chi connectivity index (χ0) is 10.8. The molecular weight excluding hydrogens is 194 g/mol. The van der Waals surface area contributed by atoms with Crippen LogP contribution in [0, 0.1) is 0 Å². The average Bonchev–Trinajstić information content (AvgIpc) is 3.01. The zero-order valence-corrected chi connectivity index (χ0v) is 8.49. The number of nitrogen functional groups attached to an aromatic ring is 1. The lowest BCUT2D eigenvalue weighted by molar-refractivity contribution is 0.0959. The molecule has 80 valence electrons. The Bertz CT molecular complexity index is 388. The standard InChI is InChI=1S/C10H13N3O2/c1-12-10(14)8-7(15-6-2-3-6)4-5-13-9(8)11/h4-6H,2-3H2,1H3,(H2,11,13)(H,12,14). The van der Waals surface area contributed by atoms with Crippen LogP contribution in [-0.4, -0.2) is 24.0 Å². The van der Waals surface area contributed by atoms with Gasteiger partial charge >= 0.3 is 0 Å². The first-order valence-corrected chi connectivity index (χ1v) is 4.85. The molecule has 1 aliphatic rings. The Morgan fingerprint density at radius 2 is 2.40 bits per heavy atom. The maximum atomic E-state index is 11.5. The van der Waals surface area contributed by atoms with Crippen molar-refractivity contribution in [3.05, 3.63) is 17.8 Å². The van der Waals surface area contributed by atoms with Crippen LogP contribution in [0.15, 0.2) is 12.3 Å². The van der Waals surface area contributed by atoms with Gasteiger partial charge in [-0.3, -0.25) is 4.79 Å². The number of carbonyl (C=O) groups is 1. The molecule has 1 aliphatic carbocycles. The summed E-state index contributed by atoms with van der Waals surface area (Å²) in [6, 6.07) is 1.67. The Labute approximate surface area is 87.6 Å². The number of ether oxygens (including phenoxy) is 1. The summed E-state index contributed by atoms with van der Waals surface area (Å²) in [7, 11) is 1.55. The lowest BCUT2D eigenvalue weighted by atomic mass is 10.2. The van der Waals surface area contributed by atoms with Crippen molar-refractivity contribution in [3.63, 3.8) is 0 Å². The number of aromatic nitrogens is 1. The van der Waals surface area contributed by atoms with Gasteiger partial charge in [0.1, 0.15) is 17.1 Å². The predicted octanol–water partition coefficient (Wildman–Crippen LogP) is 0.565. The predicted molar refractivity (Wildman–Crippen MR) is 55.7 cm³/mol. The highest BCUT2D eigenvalue weighted by Gasteiger charge is 2.26. The normalized spacial score (nSPS) is 14.7. The first kappa shape index (κ1) is 9.76. The minimum Gasteiger partial charge on any atom is -0.489 e.